The summed E-state index contributed by atoms with van der Waals surface area (Å²) in [6, 6.07) is 10.4. The first-order valence-electron chi connectivity index (χ1n) is 10.4. The molecule has 174 valence electrons. The Hall–Kier alpha value is -2.48. The first-order chi connectivity index (χ1) is 14.8. The molecule has 0 bridgehead atoms. The Morgan fingerprint density at radius 3 is 2.28 bits per heavy atom. The molecule has 1 fully saturated rings. The molecule has 0 amide bonds. The number of halogens is 2. The summed E-state index contributed by atoms with van der Waals surface area (Å²) in [5.74, 6) is 0.317. The number of hydrogen-bond acceptors (Lipinski definition) is 6. The van der Waals surface area contributed by atoms with Crippen molar-refractivity contribution in [3.05, 3.63) is 59.4 Å². The molecule has 0 unspecified atom stereocenters. The average molecular weight is 466 g/mol. The predicted molar refractivity (Wildman–Crippen MR) is 122 cm³/mol. The van der Waals surface area contributed by atoms with E-state index in [2.05, 4.69) is 4.90 Å². The van der Waals surface area contributed by atoms with E-state index >= 15 is 0 Å². The van der Waals surface area contributed by atoms with Crippen LogP contribution in [0.5, 0.6) is 11.5 Å². The lowest BCUT2D eigenvalue weighted by Gasteiger charge is -2.37. The zero-order chi connectivity index (χ0) is 22.4. The molecule has 1 heterocycles. The molecule has 8 heteroatoms. The SMILES string of the molecule is COc1cc(C(C)=O)ccc1OCCCN1CCC(O)(C(=O)c2ccc(F)cc2)CC1.Cl. The Labute approximate surface area is 193 Å². The number of ether oxygens (including phenoxy) is 2. The number of rotatable bonds is 9. The normalized spacial score (nSPS) is 15.5. The number of aliphatic hydroxyl groups is 1. The molecule has 1 aliphatic heterocycles. The number of methoxy groups -OCH3 is 1. The lowest BCUT2D eigenvalue weighted by atomic mass is 9.84. The van der Waals surface area contributed by atoms with Gasteiger partial charge in [0, 0.05) is 30.8 Å². The quantitative estimate of drug-likeness (QED) is 0.446. The molecule has 0 spiro atoms. The van der Waals surface area contributed by atoms with E-state index in [1.165, 1.54) is 38.3 Å². The maximum atomic E-state index is 13.1. The molecule has 1 saturated heterocycles. The van der Waals surface area contributed by atoms with Crippen LogP contribution in [0.4, 0.5) is 4.39 Å². The molecule has 2 aromatic carbocycles. The Kier molecular flexibility index (Phi) is 9.19. The summed E-state index contributed by atoms with van der Waals surface area (Å²) >= 11 is 0. The molecule has 1 aliphatic rings. The van der Waals surface area contributed by atoms with Crippen LogP contribution < -0.4 is 9.47 Å². The molecule has 32 heavy (non-hydrogen) atoms. The number of nitrogens with zero attached hydrogens (tertiary/aromatic N) is 1. The van der Waals surface area contributed by atoms with Crippen molar-refractivity contribution >= 4 is 24.0 Å². The van der Waals surface area contributed by atoms with E-state index in [9.17, 15) is 19.1 Å². The van der Waals surface area contributed by atoms with Crippen LogP contribution in [0.25, 0.3) is 0 Å². The van der Waals surface area contributed by atoms with E-state index < -0.39 is 11.4 Å². The second-order valence-corrected chi connectivity index (χ2v) is 7.83. The van der Waals surface area contributed by atoms with Crippen molar-refractivity contribution in [3.8, 4) is 11.5 Å². The van der Waals surface area contributed by atoms with Gasteiger partial charge in [-0.3, -0.25) is 9.59 Å². The summed E-state index contributed by atoms with van der Waals surface area (Å²) in [5.41, 5.74) is -0.507. The van der Waals surface area contributed by atoms with Crippen molar-refractivity contribution in [1.82, 2.24) is 4.90 Å². The van der Waals surface area contributed by atoms with Gasteiger partial charge in [0.15, 0.2) is 23.1 Å². The van der Waals surface area contributed by atoms with Gasteiger partial charge in [0.25, 0.3) is 0 Å². The fourth-order valence-electron chi connectivity index (χ4n) is 3.72. The number of hydrogen-bond donors (Lipinski definition) is 1. The van der Waals surface area contributed by atoms with Crippen LogP contribution in [0.3, 0.4) is 0 Å². The maximum absolute atomic E-state index is 13.1. The summed E-state index contributed by atoms with van der Waals surface area (Å²) in [4.78, 5) is 26.3. The molecule has 6 nitrogen and oxygen atoms in total. The molecular weight excluding hydrogens is 437 g/mol. The third-order valence-electron chi connectivity index (χ3n) is 5.66. The van der Waals surface area contributed by atoms with Crippen molar-refractivity contribution in [3.63, 3.8) is 0 Å². The van der Waals surface area contributed by atoms with E-state index in [-0.39, 0.29) is 24.0 Å². The van der Waals surface area contributed by atoms with Gasteiger partial charge < -0.3 is 19.5 Å². The molecule has 0 atom stereocenters. The smallest absolute Gasteiger partial charge is 0.194 e. The Morgan fingerprint density at radius 2 is 1.69 bits per heavy atom. The summed E-state index contributed by atoms with van der Waals surface area (Å²) in [5, 5.41) is 10.8. The first kappa shape index (κ1) is 25.8. The van der Waals surface area contributed by atoms with Gasteiger partial charge >= 0.3 is 0 Å². The van der Waals surface area contributed by atoms with Gasteiger partial charge in [-0.05, 0) is 68.7 Å². The number of benzene rings is 2. The fourth-order valence-corrected chi connectivity index (χ4v) is 3.72. The highest BCUT2D eigenvalue weighted by Gasteiger charge is 2.39. The van der Waals surface area contributed by atoms with Crippen LogP contribution in [0.2, 0.25) is 0 Å². The first-order valence-corrected chi connectivity index (χ1v) is 10.4. The Morgan fingerprint density at radius 1 is 1.06 bits per heavy atom. The summed E-state index contributed by atoms with van der Waals surface area (Å²) in [7, 11) is 1.54. The summed E-state index contributed by atoms with van der Waals surface area (Å²) < 4.78 is 24.2. The highest BCUT2D eigenvalue weighted by atomic mass is 35.5. The Bertz CT molecular complexity index is 926. The third-order valence-corrected chi connectivity index (χ3v) is 5.66. The monoisotopic (exact) mass is 465 g/mol. The topological polar surface area (TPSA) is 76.1 Å². The largest absolute Gasteiger partial charge is 0.493 e. The molecule has 0 saturated carbocycles. The minimum absolute atomic E-state index is 0. The van der Waals surface area contributed by atoms with Crippen molar-refractivity contribution in [2.45, 2.75) is 31.8 Å². The summed E-state index contributed by atoms with van der Waals surface area (Å²) in [6.07, 6.45) is 1.44. The van der Waals surface area contributed by atoms with Crippen molar-refractivity contribution < 1.29 is 28.6 Å². The van der Waals surface area contributed by atoms with Crippen LogP contribution in [0, 0.1) is 5.82 Å². The second-order valence-electron chi connectivity index (χ2n) is 7.83. The van der Waals surface area contributed by atoms with E-state index in [0.717, 1.165) is 13.0 Å². The number of ketones is 2. The molecule has 3 rings (SSSR count). The van der Waals surface area contributed by atoms with E-state index in [4.69, 9.17) is 9.47 Å². The summed E-state index contributed by atoms with van der Waals surface area (Å²) in [6.45, 7) is 3.95. The Balaban J connectivity index is 0.00000363. The lowest BCUT2D eigenvalue weighted by molar-refractivity contribution is -0.00693. The molecule has 0 aliphatic carbocycles. The zero-order valence-corrected chi connectivity index (χ0v) is 19.1. The van der Waals surface area contributed by atoms with Crippen molar-refractivity contribution in [2.24, 2.45) is 0 Å². The van der Waals surface area contributed by atoms with Crippen LogP contribution in [-0.4, -0.2) is 60.5 Å². The maximum Gasteiger partial charge on any atom is 0.194 e. The van der Waals surface area contributed by atoms with Crippen LogP contribution in [0.15, 0.2) is 42.5 Å². The van der Waals surface area contributed by atoms with Gasteiger partial charge in [0.2, 0.25) is 0 Å². The van der Waals surface area contributed by atoms with E-state index in [0.29, 0.717) is 55.2 Å². The van der Waals surface area contributed by atoms with Crippen LogP contribution in [0.1, 0.15) is 46.9 Å². The number of likely N-dealkylation sites (tertiary alicyclic amines) is 1. The number of carbonyl (C=O) groups is 2. The van der Waals surface area contributed by atoms with E-state index in [1.807, 2.05) is 0 Å². The standard InChI is InChI=1S/C24H28FNO5.ClH/c1-17(27)19-6-9-21(22(16-19)30-2)31-15-3-12-26-13-10-24(29,11-14-26)23(28)18-4-7-20(25)8-5-18;/h4-9,16,29H,3,10-15H2,1-2H3;1H. The average Bonchev–Trinajstić information content (AvgIpc) is 2.78. The van der Waals surface area contributed by atoms with Gasteiger partial charge in [-0.15, -0.1) is 12.4 Å². The molecule has 0 radical (unpaired) electrons. The van der Waals surface area contributed by atoms with Gasteiger partial charge in [-0.1, -0.05) is 0 Å². The molecule has 1 N–H and O–H groups in total. The number of carbonyl (C=O) groups excluding carboxylic acids is 2. The minimum Gasteiger partial charge on any atom is -0.493 e. The minimum atomic E-state index is -1.41. The van der Waals surface area contributed by atoms with Crippen molar-refractivity contribution in [2.75, 3.05) is 33.4 Å². The molecular formula is C24H29ClFNO5. The van der Waals surface area contributed by atoms with Gasteiger partial charge in [0.1, 0.15) is 11.4 Å². The zero-order valence-electron chi connectivity index (χ0n) is 18.3. The number of Topliss-reactive ketones (excluding diaryl/α,β-unsaturated/α-hetero) is 2. The van der Waals surface area contributed by atoms with Gasteiger partial charge in [-0.25, -0.2) is 4.39 Å². The second kappa shape index (κ2) is 11.4. The molecule has 0 aromatic heterocycles. The van der Waals surface area contributed by atoms with Gasteiger partial charge in [-0.2, -0.15) is 0 Å². The van der Waals surface area contributed by atoms with Gasteiger partial charge in [0.05, 0.1) is 13.7 Å². The highest BCUT2D eigenvalue weighted by molar-refractivity contribution is 6.02. The van der Waals surface area contributed by atoms with Crippen LogP contribution >= 0.6 is 12.4 Å². The highest BCUT2D eigenvalue weighted by Crippen LogP contribution is 2.29. The lowest BCUT2D eigenvalue weighted by Crippen LogP contribution is -2.49. The number of piperidine rings is 1. The predicted octanol–water partition coefficient (Wildman–Crippen LogP) is 3.94. The fraction of sp³-hybridized carbons (Fsp3) is 0.417. The molecule has 2 aromatic rings. The third kappa shape index (κ3) is 6.28. The van der Waals surface area contributed by atoms with E-state index in [1.54, 1.807) is 18.2 Å². The van der Waals surface area contributed by atoms with Crippen LogP contribution in [-0.2, 0) is 0 Å². The van der Waals surface area contributed by atoms with Crippen molar-refractivity contribution in [1.29, 1.82) is 0 Å².